The smallest absolute Gasteiger partial charge is 0.258 e. The van der Waals surface area contributed by atoms with Gasteiger partial charge in [-0.1, -0.05) is 30.4 Å². The molecular weight excluding hydrogens is 294 g/mol. The van der Waals surface area contributed by atoms with Gasteiger partial charge in [-0.15, -0.1) is 22.0 Å². The van der Waals surface area contributed by atoms with Gasteiger partial charge in [-0.3, -0.25) is 10.1 Å². The van der Waals surface area contributed by atoms with E-state index in [2.05, 4.69) is 22.4 Å². The van der Waals surface area contributed by atoms with E-state index in [0.717, 1.165) is 15.7 Å². The number of anilines is 1. The third-order valence-electron chi connectivity index (χ3n) is 2.39. The van der Waals surface area contributed by atoms with Crippen LogP contribution in [0, 0.1) is 0 Å². The van der Waals surface area contributed by atoms with Crippen LogP contribution in [0.5, 0.6) is 0 Å². The lowest BCUT2D eigenvalue weighted by atomic mass is 10.2. The molecule has 0 saturated carbocycles. The van der Waals surface area contributed by atoms with E-state index in [1.54, 1.807) is 18.9 Å². The van der Waals surface area contributed by atoms with Crippen molar-refractivity contribution in [2.24, 2.45) is 0 Å². The lowest BCUT2D eigenvalue weighted by Crippen LogP contribution is -2.12. The van der Waals surface area contributed by atoms with Crippen LogP contribution in [-0.4, -0.2) is 29.0 Å². The molecule has 1 amide bonds. The number of amides is 1. The van der Waals surface area contributed by atoms with Crippen LogP contribution >= 0.6 is 23.1 Å². The second-order valence-electron chi connectivity index (χ2n) is 3.82. The zero-order valence-corrected chi connectivity index (χ0v) is 12.9. The van der Waals surface area contributed by atoms with Crippen molar-refractivity contribution in [1.82, 2.24) is 10.2 Å². The Labute approximate surface area is 125 Å². The van der Waals surface area contributed by atoms with E-state index >= 15 is 0 Å². The Balaban J connectivity index is 2.11. The number of carbonyl (C=O) groups is 1. The maximum atomic E-state index is 12.3. The minimum Gasteiger partial charge on any atom is -0.377 e. The van der Waals surface area contributed by atoms with Gasteiger partial charge in [0.15, 0.2) is 0 Å². The number of ether oxygens (including phenoxy) is 1. The van der Waals surface area contributed by atoms with Crippen LogP contribution in [0.15, 0.2) is 29.2 Å². The zero-order chi connectivity index (χ0) is 14.4. The van der Waals surface area contributed by atoms with Gasteiger partial charge in [-0.2, -0.15) is 0 Å². The molecule has 1 aromatic carbocycles. The van der Waals surface area contributed by atoms with Gasteiger partial charge in [0.2, 0.25) is 5.13 Å². The molecular formula is C13H15N3O2S2. The largest absolute Gasteiger partial charge is 0.377 e. The summed E-state index contributed by atoms with van der Waals surface area (Å²) in [5, 5.41) is 11.9. The number of nitrogens with one attached hydrogen (secondary N) is 1. The lowest BCUT2D eigenvalue weighted by molar-refractivity contribution is 0.102. The summed E-state index contributed by atoms with van der Waals surface area (Å²) in [5.74, 6) is 0.753. The molecule has 0 aliphatic heterocycles. The molecule has 1 aromatic heterocycles. The quantitative estimate of drug-likeness (QED) is 0.831. The van der Waals surface area contributed by atoms with Crippen molar-refractivity contribution in [3.63, 3.8) is 0 Å². The molecule has 0 fully saturated rings. The number of hydrogen-bond donors (Lipinski definition) is 1. The SMILES string of the molecule is CCSc1ccccc1C(=O)Nc1nnc(COC)s1. The van der Waals surface area contributed by atoms with Crippen LogP contribution in [0.4, 0.5) is 5.13 Å². The molecule has 0 atom stereocenters. The molecule has 2 rings (SSSR count). The highest BCUT2D eigenvalue weighted by atomic mass is 32.2. The summed E-state index contributed by atoms with van der Waals surface area (Å²) < 4.78 is 4.97. The van der Waals surface area contributed by atoms with Crippen LogP contribution in [0.3, 0.4) is 0 Å². The van der Waals surface area contributed by atoms with Crippen molar-refractivity contribution in [1.29, 1.82) is 0 Å². The van der Waals surface area contributed by atoms with Gasteiger partial charge in [-0.25, -0.2) is 0 Å². The van der Waals surface area contributed by atoms with Crippen LogP contribution < -0.4 is 5.32 Å². The molecule has 1 N–H and O–H groups in total. The highest BCUT2D eigenvalue weighted by Crippen LogP contribution is 2.24. The number of methoxy groups -OCH3 is 1. The van der Waals surface area contributed by atoms with E-state index in [9.17, 15) is 4.79 Å². The van der Waals surface area contributed by atoms with Gasteiger partial charge >= 0.3 is 0 Å². The molecule has 0 aliphatic carbocycles. The predicted molar refractivity (Wildman–Crippen MR) is 81.4 cm³/mol. The van der Waals surface area contributed by atoms with Crippen LogP contribution in [0.1, 0.15) is 22.3 Å². The lowest BCUT2D eigenvalue weighted by Gasteiger charge is -2.06. The third kappa shape index (κ3) is 3.78. The van der Waals surface area contributed by atoms with E-state index in [1.807, 2.05) is 24.3 Å². The number of nitrogens with zero attached hydrogens (tertiary/aromatic N) is 2. The maximum absolute atomic E-state index is 12.3. The summed E-state index contributed by atoms with van der Waals surface area (Å²) in [6.45, 7) is 2.46. The molecule has 0 saturated heterocycles. The van der Waals surface area contributed by atoms with E-state index < -0.39 is 0 Å². The average molecular weight is 309 g/mol. The molecule has 7 heteroatoms. The van der Waals surface area contributed by atoms with E-state index in [0.29, 0.717) is 17.3 Å². The Hall–Kier alpha value is -1.44. The first kappa shape index (κ1) is 15.0. The summed E-state index contributed by atoms with van der Waals surface area (Å²) in [5.41, 5.74) is 0.655. The van der Waals surface area contributed by atoms with Crippen LogP contribution in [0.2, 0.25) is 0 Å². The Morgan fingerprint density at radius 3 is 2.95 bits per heavy atom. The first-order valence-corrected chi connectivity index (χ1v) is 7.89. The summed E-state index contributed by atoms with van der Waals surface area (Å²) in [6, 6.07) is 7.53. The normalized spacial score (nSPS) is 10.5. The highest BCUT2D eigenvalue weighted by molar-refractivity contribution is 7.99. The van der Waals surface area contributed by atoms with Gasteiger partial charge in [-0.05, 0) is 17.9 Å². The maximum Gasteiger partial charge on any atom is 0.258 e. The summed E-state index contributed by atoms with van der Waals surface area (Å²) in [6.07, 6.45) is 0. The molecule has 0 bridgehead atoms. The molecule has 5 nitrogen and oxygen atoms in total. The number of aromatic nitrogens is 2. The van der Waals surface area contributed by atoms with E-state index in [-0.39, 0.29) is 5.91 Å². The van der Waals surface area contributed by atoms with Crippen molar-refractivity contribution < 1.29 is 9.53 Å². The first-order valence-electron chi connectivity index (χ1n) is 6.09. The van der Waals surface area contributed by atoms with Crippen molar-refractivity contribution >= 4 is 34.1 Å². The zero-order valence-electron chi connectivity index (χ0n) is 11.3. The van der Waals surface area contributed by atoms with Crippen molar-refractivity contribution in [2.75, 3.05) is 18.2 Å². The highest BCUT2D eigenvalue weighted by Gasteiger charge is 2.13. The molecule has 2 aromatic rings. The monoisotopic (exact) mass is 309 g/mol. The number of hydrogen-bond acceptors (Lipinski definition) is 6. The van der Waals surface area contributed by atoms with Gasteiger partial charge in [0.1, 0.15) is 11.6 Å². The second kappa shape index (κ2) is 7.37. The predicted octanol–water partition coefficient (Wildman–Crippen LogP) is 3.05. The Morgan fingerprint density at radius 1 is 1.40 bits per heavy atom. The van der Waals surface area contributed by atoms with Crippen molar-refractivity contribution in [2.45, 2.75) is 18.4 Å². The summed E-state index contributed by atoms with van der Waals surface area (Å²) in [4.78, 5) is 13.2. The fraction of sp³-hybridized carbons (Fsp3) is 0.308. The fourth-order valence-corrected chi connectivity index (χ4v) is 3.09. The molecule has 20 heavy (non-hydrogen) atoms. The van der Waals surface area contributed by atoms with Crippen LogP contribution in [0.25, 0.3) is 0 Å². The van der Waals surface area contributed by atoms with Crippen molar-refractivity contribution in [3.05, 3.63) is 34.8 Å². The van der Waals surface area contributed by atoms with E-state index in [1.165, 1.54) is 11.3 Å². The Kier molecular flexibility index (Phi) is 5.51. The second-order valence-corrected chi connectivity index (χ2v) is 6.19. The minimum atomic E-state index is -0.165. The van der Waals surface area contributed by atoms with E-state index in [4.69, 9.17) is 4.74 Å². The Morgan fingerprint density at radius 2 is 2.20 bits per heavy atom. The summed E-state index contributed by atoms with van der Waals surface area (Å²) >= 11 is 2.95. The molecule has 0 unspecified atom stereocenters. The molecule has 1 heterocycles. The Bertz CT molecular complexity index is 587. The molecule has 0 radical (unpaired) electrons. The van der Waals surface area contributed by atoms with Gasteiger partial charge in [0, 0.05) is 12.0 Å². The van der Waals surface area contributed by atoms with Gasteiger partial charge < -0.3 is 4.74 Å². The van der Waals surface area contributed by atoms with Crippen LogP contribution in [-0.2, 0) is 11.3 Å². The number of benzene rings is 1. The number of carbonyl (C=O) groups excluding carboxylic acids is 1. The topological polar surface area (TPSA) is 64.1 Å². The van der Waals surface area contributed by atoms with Crippen molar-refractivity contribution in [3.8, 4) is 0 Å². The molecule has 0 spiro atoms. The average Bonchev–Trinajstić information content (AvgIpc) is 2.87. The number of rotatable bonds is 6. The molecule has 106 valence electrons. The third-order valence-corrected chi connectivity index (χ3v) is 4.15. The first-order chi connectivity index (χ1) is 9.74. The summed E-state index contributed by atoms with van der Waals surface area (Å²) in [7, 11) is 1.60. The molecule has 0 aliphatic rings. The van der Waals surface area contributed by atoms with Gasteiger partial charge in [0.25, 0.3) is 5.91 Å². The standard InChI is InChI=1S/C13H15N3O2S2/c1-3-19-10-7-5-4-6-9(10)12(17)14-13-16-15-11(20-13)8-18-2/h4-7H,3,8H2,1-2H3,(H,14,16,17). The number of thioether (sulfide) groups is 1. The fourth-order valence-electron chi connectivity index (χ4n) is 1.59. The van der Waals surface area contributed by atoms with Gasteiger partial charge in [0.05, 0.1) is 5.56 Å². The minimum absolute atomic E-state index is 0.165.